The number of hydrogen-bond donors (Lipinski definition) is 1. The third kappa shape index (κ3) is 2.29. The van der Waals surface area contributed by atoms with Crippen molar-refractivity contribution < 1.29 is 5.11 Å². The first-order chi connectivity index (χ1) is 9.82. The number of nitrogens with zero attached hydrogens (tertiary/aromatic N) is 2. The predicted octanol–water partition coefficient (Wildman–Crippen LogP) is 3.14. The minimum Gasteiger partial charge on any atom is -0.396 e. The molecule has 0 fully saturated rings. The van der Waals surface area contributed by atoms with Crippen LogP contribution in [0, 0.1) is 6.92 Å². The fourth-order valence-electron chi connectivity index (χ4n) is 3.44. The second-order valence-electron chi connectivity index (χ2n) is 7.26. The van der Waals surface area contributed by atoms with Gasteiger partial charge in [0.1, 0.15) is 0 Å². The Bertz CT molecular complexity index is 692. The summed E-state index contributed by atoms with van der Waals surface area (Å²) >= 11 is 0. The van der Waals surface area contributed by atoms with Crippen LogP contribution in [0.5, 0.6) is 0 Å². The molecule has 1 aromatic carbocycles. The third-order valence-corrected chi connectivity index (χ3v) is 4.98. The number of aliphatic hydroxyl groups excluding tert-OH is 1. The molecule has 0 spiro atoms. The standard InChI is InChI=1S/C18H26N2O/c1-12-15(6-7-21)16-8-13-10-20(18(2,3)4)11-14(13)9-17(16)19(12)5/h8-9,21H,6-7,10-11H2,1-5H3. The van der Waals surface area contributed by atoms with Gasteiger partial charge >= 0.3 is 0 Å². The fraction of sp³-hybridized carbons (Fsp3) is 0.556. The largest absolute Gasteiger partial charge is 0.396 e. The van der Waals surface area contributed by atoms with Gasteiger partial charge in [-0.1, -0.05) is 0 Å². The molecule has 2 heterocycles. The average molecular weight is 286 g/mol. The Balaban J connectivity index is 2.11. The minimum absolute atomic E-state index is 0.203. The van der Waals surface area contributed by atoms with Crippen LogP contribution >= 0.6 is 0 Å². The van der Waals surface area contributed by atoms with E-state index in [0.29, 0.717) is 0 Å². The van der Waals surface area contributed by atoms with E-state index in [2.05, 4.69) is 56.3 Å². The molecule has 1 aliphatic heterocycles. The van der Waals surface area contributed by atoms with Gasteiger partial charge in [-0.05, 0) is 62.9 Å². The van der Waals surface area contributed by atoms with Gasteiger partial charge in [0.25, 0.3) is 0 Å². The highest BCUT2D eigenvalue weighted by Gasteiger charge is 2.29. The van der Waals surface area contributed by atoms with Gasteiger partial charge in [-0.3, -0.25) is 4.90 Å². The Labute approximate surface area is 127 Å². The van der Waals surface area contributed by atoms with Crippen LogP contribution in [0.2, 0.25) is 0 Å². The van der Waals surface area contributed by atoms with E-state index >= 15 is 0 Å². The van der Waals surface area contributed by atoms with Crippen molar-refractivity contribution in [3.8, 4) is 0 Å². The monoisotopic (exact) mass is 286 g/mol. The number of hydrogen-bond acceptors (Lipinski definition) is 2. The van der Waals surface area contributed by atoms with Gasteiger partial charge in [0.15, 0.2) is 0 Å². The summed E-state index contributed by atoms with van der Waals surface area (Å²) in [4.78, 5) is 2.52. The van der Waals surface area contributed by atoms with Gasteiger partial charge in [0.05, 0.1) is 0 Å². The molecule has 0 bridgehead atoms. The first kappa shape index (κ1) is 14.6. The van der Waals surface area contributed by atoms with E-state index < -0.39 is 0 Å². The van der Waals surface area contributed by atoms with Gasteiger partial charge in [-0.15, -0.1) is 0 Å². The van der Waals surface area contributed by atoms with Crippen LogP contribution in [0.3, 0.4) is 0 Å². The summed E-state index contributed by atoms with van der Waals surface area (Å²) in [6, 6.07) is 4.71. The van der Waals surface area contributed by atoms with Crippen molar-refractivity contribution in [1.29, 1.82) is 0 Å². The van der Waals surface area contributed by atoms with Crippen molar-refractivity contribution in [2.45, 2.75) is 52.7 Å². The lowest BCUT2D eigenvalue weighted by Crippen LogP contribution is -2.36. The number of rotatable bonds is 2. The molecule has 114 valence electrons. The zero-order valence-corrected chi connectivity index (χ0v) is 13.8. The first-order valence-corrected chi connectivity index (χ1v) is 7.78. The van der Waals surface area contributed by atoms with Crippen LogP contribution in [0.25, 0.3) is 10.9 Å². The van der Waals surface area contributed by atoms with Crippen molar-refractivity contribution in [2.24, 2.45) is 7.05 Å². The fourth-order valence-corrected chi connectivity index (χ4v) is 3.44. The Kier molecular flexibility index (Phi) is 3.38. The molecule has 0 saturated heterocycles. The van der Waals surface area contributed by atoms with Crippen LogP contribution in [-0.2, 0) is 26.6 Å². The molecule has 21 heavy (non-hydrogen) atoms. The summed E-state index contributed by atoms with van der Waals surface area (Å²) in [6.07, 6.45) is 0.741. The minimum atomic E-state index is 0.203. The highest BCUT2D eigenvalue weighted by molar-refractivity contribution is 5.87. The van der Waals surface area contributed by atoms with Gasteiger partial charge in [-0.2, -0.15) is 0 Å². The van der Waals surface area contributed by atoms with Gasteiger partial charge in [0.2, 0.25) is 0 Å². The topological polar surface area (TPSA) is 28.4 Å². The molecule has 0 unspecified atom stereocenters. The van der Waals surface area contributed by atoms with Gasteiger partial charge in [-0.25, -0.2) is 0 Å². The van der Waals surface area contributed by atoms with Gasteiger partial charge in [0, 0.05) is 48.9 Å². The molecule has 3 nitrogen and oxygen atoms in total. The lowest BCUT2D eigenvalue weighted by atomic mass is 10.0. The average Bonchev–Trinajstić information content (AvgIpc) is 2.92. The Morgan fingerprint density at radius 1 is 1.14 bits per heavy atom. The van der Waals surface area contributed by atoms with Crippen molar-refractivity contribution in [3.05, 3.63) is 34.5 Å². The quantitative estimate of drug-likeness (QED) is 0.918. The molecule has 0 aliphatic carbocycles. The molecule has 1 N–H and O–H groups in total. The molecule has 1 aliphatic rings. The van der Waals surface area contributed by atoms with Crippen molar-refractivity contribution in [1.82, 2.24) is 9.47 Å². The Morgan fingerprint density at radius 3 is 2.33 bits per heavy atom. The molecular weight excluding hydrogens is 260 g/mol. The van der Waals surface area contributed by atoms with Crippen LogP contribution < -0.4 is 0 Å². The number of fused-ring (bicyclic) bond motifs is 2. The molecule has 3 heteroatoms. The lowest BCUT2D eigenvalue weighted by Gasteiger charge is -2.31. The summed E-state index contributed by atoms with van der Waals surface area (Å²) in [5.74, 6) is 0. The molecule has 1 aromatic heterocycles. The number of aromatic nitrogens is 1. The number of aliphatic hydroxyl groups is 1. The van der Waals surface area contributed by atoms with E-state index in [9.17, 15) is 5.11 Å². The van der Waals surface area contributed by atoms with Crippen molar-refractivity contribution in [3.63, 3.8) is 0 Å². The molecule has 2 aromatic rings. The summed E-state index contributed by atoms with van der Waals surface area (Å²) in [5, 5.41) is 10.7. The van der Waals surface area contributed by atoms with Crippen LogP contribution in [-0.4, -0.2) is 26.7 Å². The highest BCUT2D eigenvalue weighted by atomic mass is 16.2. The zero-order chi connectivity index (χ0) is 15.4. The molecule has 0 amide bonds. The normalized spacial score (nSPS) is 15.9. The van der Waals surface area contributed by atoms with Crippen molar-refractivity contribution in [2.75, 3.05) is 6.61 Å². The molecular formula is C18H26N2O. The van der Waals surface area contributed by atoms with E-state index in [0.717, 1.165) is 19.5 Å². The summed E-state index contributed by atoms with van der Waals surface area (Å²) in [5.41, 5.74) is 6.97. The molecule has 0 atom stereocenters. The maximum atomic E-state index is 9.34. The SMILES string of the molecule is Cc1c(CCO)c2cc3c(cc2n1C)CN(C(C)(C)C)C3. The van der Waals surface area contributed by atoms with Gasteiger partial charge < -0.3 is 9.67 Å². The second kappa shape index (κ2) is 4.85. The molecule has 3 rings (SSSR count). The number of aryl methyl sites for hydroxylation is 1. The molecule has 0 saturated carbocycles. The van der Waals surface area contributed by atoms with Crippen LogP contribution in [0.4, 0.5) is 0 Å². The zero-order valence-electron chi connectivity index (χ0n) is 13.8. The van der Waals surface area contributed by atoms with Crippen LogP contribution in [0.15, 0.2) is 12.1 Å². The first-order valence-electron chi connectivity index (χ1n) is 7.78. The highest BCUT2D eigenvalue weighted by Crippen LogP contribution is 2.34. The summed E-state index contributed by atoms with van der Waals surface area (Å²) in [6.45, 7) is 11.3. The van der Waals surface area contributed by atoms with E-state index in [1.54, 1.807) is 0 Å². The van der Waals surface area contributed by atoms with E-state index in [1.165, 1.54) is 33.3 Å². The Morgan fingerprint density at radius 2 is 1.76 bits per heavy atom. The lowest BCUT2D eigenvalue weighted by molar-refractivity contribution is 0.136. The number of benzene rings is 1. The summed E-state index contributed by atoms with van der Waals surface area (Å²) < 4.78 is 2.26. The maximum Gasteiger partial charge on any atom is 0.0486 e. The summed E-state index contributed by atoms with van der Waals surface area (Å²) in [7, 11) is 2.13. The Hall–Kier alpha value is -1.32. The van der Waals surface area contributed by atoms with E-state index in [4.69, 9.17) is 0 Å². The van der Waals surface area contributed by atoms with E-state index in [1.807, 2.05) is 0 Å². The smallest absolute Gasteiger partial charge is 0.0486 e. The molecule has 0 radical (unpaired) electrons. The van der Waals surface area contributed by atoms with Crippen LogP contribution in [0.1, 0.15) is 43.2 Å². The van der Waals surface area contributed by atoms with E-state index in [-0.39, 0.29) is 12.1 Å². The van der Waals surface area contributed by atoms with Crippen molar-refractivity contribution >= 4 is 10.9 Å². The third-order valence-electron chi connectivity index (χ3n) is 4.98. The second-order valence-corrected chi connectivity index (χ2v) is 7.26. The predicted molar refractivity (Wildman–Crippen MR) is 87.4 cm³/mol. The maximum absolute atomic E-state index is 9.34.